The Morgan fingerprint density at radius 1 is 0.929 bits per heavy atom. The molecule has 5 rings (SSSR count). The maximum Gasteiger partial charge on any atom is 0.254 e. The van der Waals surface area contributed by atoms with E-state index in [0.29, 0.717) is 62.2 Å². The molecule has 2 aliphatic heterocycles. The van der Waals surface area contributed by atoms with Crippen LogP contribution >= 0.6 is 0 Å². The lowest BCUT2D eigenvalue weighted by Gasteiger charge is -2.37. The summed E-state index contributed by atoms with van der Waals surface area (Å²) in [5.41, 5.74) is 3.62. The van der Waals surface area contributed by atoms with Gasteiger partial charge in [0.1, 0.15) is 12.4 Å². The second-order valence-electron chi connectivity index (χ2n) is 10.7. The summed E-state index contributed by atoms with van der Waals surface area (Å²) in [6, 6.07) is 17.7. The molecule has 1 atom stereocenters. The van der Waals surface area contributed by atoms with E-state index in [9.17, 15) is 13.2 Å². The van der Waals surface area contributed by atoms with Gasteiger partial charge in [0.25, 0.3) is 5.91 Å². The largest absolute Gasteiger partial charge is 0.493 e. The fourth-order valence-corrected chi connectivity index (χ4v) is 6.85. The highest BCUT2D eigenvalue weighted by molar-refractivity contribution is 7.89. The molecule has 1 saturated heterocycles. The van der Waals surface area contributed by atoms with Crippen LogP contribution in [0.5, 0.6) is 17.2 Å². The average Bonchev–Trinajstić information content (AvgIpc) is 3.03. The molecule has 1 amide bonds. The van der Waals surface area contributed by atoms with Crippen molar-refractivity contribution in [3.63, 3.8) is 0 Å². The number of hydrogen-bond acceptors (Lipinski definition) is 7. The molecule has 1 fully saturated rings. The van der Waals surface area contributed by atoms with E-state index < -0.39 is 16.1 Å². The summed E-state index contributed by atoms with van der Waals surface area (Å²) in [5, 5.41) is 0. The molecule has 0 radical (unpaired) electrons. The zero-order chi connectivity index (χ0) is 29.9. The van der Waals surface area contributed by atoms with Crippen molar-refractivity contribution < 1.29 is 32.2 Å². The average molecular weight is 595 g/mol. The highest BCUT2D eigenvalue weighted by atomic mass is 32.2. The van der Waals surface area contributed by atoms with Crippen LogP contribution in [0.2, 0.25) is 0 Å². The van der Waals surface area contributed by atoms with Crippen LogP contribution < -0.4 is 14.2 Å². The number of carbonyl (C=O) groups is 1. The Morgan fingerprint density at radius 3 is 2.19 bits per heavy atom. The van der Waals surface area contributed by atoms with Crippen molar-refractivity contribution in [3.8, 4) is 17.2 Å². The third-order valence-corrected chi connectivity index (χ3v) is 9.84. The van der Waals surface area contributed by atoms with Gasteiger partial charge in [-0.05, 0) is 77.6 Å². The number of morpholine rings is 1. The minimum atomic E-state index is -3.66. The van der Waals surface area contributed by atoms with Crippen LogP contribution in [0.15, 0.2) is 65.6 Å². The maximum absolute atomic E-state index is 13.9. The van der Waals surface area contributed by atoms with Gasteiger partial charge in [0.05, 0.1) is 38.4 Å². The van der Waals surface area contributed by atoms with Crippen molar-refractivity contribution in [2.24, 2.45) is 0 Å². The third kappa shape index (κ3) is 6.11. The second kappa shape index (κ2) is 12.7. The first-order valence-electron chi connectivity index (χ1n) is 14.2. The van der Waals surface area contributed by atoms with E-state index in [1.807, 2.05) is 24.3 Å². The molecule has 0 saturated carbocycles. The van der Waals surface area contributed by atoms with Gasteiger partial charge in [0, 0.05) is 25.2 Å². The van der Waals surface area contributed by atoms with Crippen LogP contribution in [0.4, 0.5) is 0 Å². The van der Waals surface area contributed by atoms with Crippen LogP contribution in [-0.2, 0) is 21.2 Å². The standard InChI is InChI=1S/C32H38N2O7S/c1-22(2)23-5-9-26(10-6-23)41-21-29-28-20-31(39-4)30(38-3)19-25(28)13-14-34(29)32(35)24-7-11-27(12-8-24)42(36,37)33-15-17-40-18-16-33/h5-12,19-20,22,29H,13-18,21H2,1-4H3/t29-/m1/s1. The minimum Gasteiger partial charge on any atom is -0.493 e. The third-order valence-electron chi connectivity index (χ3n) is 7.93. The van der Waals surface area contributed by atoms with Crippen LogP contribution in [-0.4, -0.2) is 77.2 Å². The van der Waals surface area contributed by atoms with E-state index in [-0.39, 0.29) is 17.4 Å². The Labute approximate surface area is 248 Å². The topological polar surface area (TPSA) is 94.6 Å². The summed E-state index contributed by atoms with van der Waals surface area (Å²) in [7, 11) is -0.468. The van der Waals surface area contributed by atoms with Gasteiger partial charge >= 0.3 is 0 Å². The number of carbonyl (C=O) groups excluding carboxylic acids is 1. The van der Waals surface area contributed by atoms with Crippen LogP contribution in [0.1, 0.15) is 52.9 Å². The van der Waals surface area contributed by atoms with Gasteiger partial charge in [-0.25, -0.2) is 8.42 Å². The molecule has 0 N–H and O–H groups in total. The van der Waals surface area contributed by atoms with Gasteiger partial charge in [0.15, 0.2) is 11.5 Å². The number of hydrogen-bond donors (Lipinski definition) is 0. The zero-order valence-electron chi connectivity index (χ0n) is 24.5. The lowest BCUT2D eigenvalue weighted by molar-refractivity contribution is 0.0589. The number of methoxy groups -OCH3 is 2. The van der Waals surface area contributed by atoms with Gasteiger partial charge in [0.2, 0.25) is 10.0 Å². The number of nitrogens with zero attached hydrogens (tertiary/aromatic N) is 2. The van der Waals surface area contributed by atoms with Gasteiger partial charge in [-0.15, -0.1) is 0 Å². The molecule has 10 heteroatoms. The molecule has 0 bridgehead atoms. The fraction of sp³-hybridized carbons (Fsp3) is 0.406. The lowest BCUT2D eigenvalue weighted by atomic mass is 9.91. The van der Waals surface area contributed by atoms with Crippen molar-refractivity contribution >= 4 is 15.9 Å². The summed E-state index contributed by atoms with van der Waals surface area (Å²) in [6.07, 6.45) is 0.629. The summed E-state index contributed by atoms with van der Waals surface area (Å²) in [5.74, 6) is 2.15. The van der Waals surface area contributed by atoms with Gasteiger partial charge in [-0.3, -0.25) is 4.79 Å². The molecule has 2 heterocycles. The van der Waals surface area contributed by atoms with Gasteiger partial charge in [-0.2, -0.15) is 4.31 Å². The van der Waals surface area contributed by atoms with Crippen molar-refractivity contribution in [1.29, 1.82) is 0 Å². The predicted octanol–water partition coefficient (Wildman–Crippen LogP) is 4.67. The molecule has 0 aromatic heterocycles. The predicted molar refractivity (Wildman–Crippen MR) is 159 cm³/mol. The quantitative estimate of drug-likeness (QED) is 0.356. The maximum atomic E-state index is 13.9. The van der Waals surface area contributed by atoms with Crippen LogP contribution in [0.3, 0.4) is 0 Å². The van der Waals surface area contributed by atoms with Gasteiger partial charge in [-0.1, -0.05) is 26.0 Å². The number of amides is 1. The first-order chi connectivity index (χ1) is 20.2. The van der Waals surface area contributed by atoms with Crippen molar-refractivity contribution in [1.82, 2.24) is 9.21 Å². The van der Waals surface area contributed by atoms with Crippen molar-refractivity contribution in [2.45, 2.75) is 37.1 Å². The van der Waals surface area contributed by atoms with Gasteiger partial charge < -0.3 is 23.8 Å². The van der Waals surface area contributed by atoms with E-state index >= 15 is 0 Å². The van der Waals surface area contributed by atoms with E-state index in [0.717, 1.165) is 16.9 Å². The summed E-state index contributed by atoms with van der Waals surface area (Å²) in [4.78, 5) is 15.9. The molecule has 9 nitrogen and oxygen atoms in total. The molecule has 224 valence electrons. The minimum absolute atomic E-state index is 0.159. The number of ether oxygens (including phenoxy) is 4. The zero-order valence-corrected chi connectivity index (χ0v) is 25.4. The molecule has 0 unspecified atom stereocenters. The smallest absolute Gasteiger partial charge is 0.254 e. The van der Waals surface area contributed by atoms with E-state index in [1.165, 1.54) is 22.0 Å². The molecule has 2 aliphatic rings. The van der Waals surface area contributed by atoms with E-state index in [1.54, 1.807) is 31.3 Å². The first kappa shape index (κ1) is 29.9. The number of benzene rings is 3. The van der Waals surface area contributed by atoms with E-state index in [4.69, 9.17) is 18.9 Å². The van der Waals surface area contributed by atoms with Crippen LogP contribution in [0.25, 0.3) is 0 Å². The summed E-state index contributed by atoms with van der Waals surface area (Å²) < 4.78 is 50.2. The monoisotopic (exact) mass is 594 g/mol. The normalized spacial score (nSPS) is 17.5. The van der Waals surface area contributed by atoms with Crippen molar-refractivity contribution in [2.75, 3.05) is 53.7 Å². The van der Waals surface area contributed by atoms with E-state index in [2.05, 4.69) is 26.0 Å². The Morgan fingerprint density at radius 2 is 1.57 bits per heavy atom. The second-order valence-corrected chi connectivity index (χ2v) is 12.7. The Balaban J connectivity index is 1.42. The number of rotatable bonds is 9. The summed E-state index contributed by atoms with van der Waals surface area (Å²) >= 11 is 0. The Kier molecular flexibility index (Phi) is 9.05. The number of sulfonamides is 1. The highest BCUT2D eigenvalue weighted by Gasteiger charge is 2.34. The molecule has 0 aliphatic carbocycles. The molecular formula is C32H38N2O7S. The van der Waals surface area contributed by atoms with Crippen molar-refractivity contribution in [3.05, 3.63) is 82.9 Å². The van der Waals surface area contributed by atoms with Crippen LogP contribution in [0, 0.1) is 0 Å². The number of fused-ring (bicyclic) bond motifs is 1. The molecule has 3 aromatic carbocycles. The summed E-state index contributed by atoms with van der Waals surface area (Å²) in [6.45, 7) is 6.35. The Hall–Kier alpha value is -3.60. The fourth-order valence-electron chi connectivity index (χ4n) is 5.45. The Bertz CT molecular complexity index is 1500. The lowest BCUT2D eigenvalue weighted by Crippen LogP contribution is -2.42. The molecule has 0 spiro atoms. The first-order valence-corrected chi connectivity index (χ1v) is 15.6. The highest BCUT2D eigenvalue weighted by Crippen LogP contribution is 2.39. The SMILES string of the molecule is COc1cc2c(cc1OC)[C@@H](COc1ccc(C(C)C)cc1)N(C(=O)c1ccc(S(=O)(=O)N3CCOCC3)cc1)CC2. The molecular weight excluding hydrogens is 556 g/mol. The molecule has 42 heavy (non-hydrogen) atoms. The molecule has 3 aromatic rings.